The lowest BCUT2D eigenvalue weighted by Gasteiger charge is -2.06. The molecule has 0 saturated heterocycles. The molecule has 0 atom stereocenters. The molecular weight excluding hydrogens is 242 g/mol. The summed E-state index contributed by atoms with van der Waals surface area (Å²) in [5.74, 6) is -0.375. The Morgan fingerprint density at radius 2 is 1.95 bits per heavy atom. The molecule has 0 spiro atoms. The normalized spacial score (nSPS) is 10.0. The number of aromatic nitrogens is 2. The van der Waals surface area contributed by atoms with Gasteiger partial charge in [-0.1, -0.05) is 12.1 Å². The first-order valence-electron chi connectivity index (χ1n) is 5.77. The van der Waals surface area contributed by atoms with Gasteiger partial charge in [0, 0.05) is 16.9 Å². The van der Waals surface area contributed by atoms with Gasteiger partial charge in [0.05, 0.1) is 0 Å². The molecule has 0 fully saturated rings. The Morgan fingerprint density at radius 3 is 2.63 bits per heavy atom. The van der Waals surface area contributed by atoms with Gasteiger partial charge in [0.15, 0.2) is 5.78 Å². The molecule has 1 N–H and O–H groups in total. The van der Waals surface area contributed by atoms with Gasteiger partial charge in [-0.15, -0.1) is 0 Å². The lowest BCUT2D eigenvalue weighted by molar-refractivity contribution is 0.100. The lowest BCUT2D eigenvalue weighted by Crippen LogP contribution is -2.14. The zero-order chi connectivity index (χ0) is 13.8. The van der Waals surface area contributed by atoms with Crippen LogP contribution < -0.4 is 5.32 Å². The largest absolute Gasteiger partial charge is 0.321 e. The molecule has 5 nitrogen and oxygen atoms in total. The Bertz CT molecular complexity index is 638. The summed E-state index contributed by atoms with van der Waals surface area (Å²) in [6, 6.07) is 8.38. The van der Waals surface area contributed by atoms with Crippen LogP contribution in [-0.4, -0.2) is 21.7 Å². The van der Waals surface area contributed by atoms with Crippen LogP contribution >= 0.6 is 0 Å². The lowest BCUT2D eigenvalue weighted by atomic mass is 10.1. The summed E-state index contributed by atoms with van der Waals surface area (Å²) >= 11 is 0. The molecule has 0 aliphatic carbocycles. The molecule has 96 valence electrons. The molecule has 0 saturated carbocycles. The average Bonchev–Trinajstić information content (AvgIpc) is 2.39. The fourth-order valence-corrected chi connectivity index (χ4v) is 1.59. The van der Waals surface area contributed by atoms with Crippen molar-refractivity contribution in [3.05, 3.63) is 53.6 Å². The quantitative estimate of drug-likeness (QED) is 0.854. The molecule has 2 rings (SSSR count). The van der Waals surface area contributed by atoms with Gasteiger partial charge in [-0.2, -0.15) is 0 Å². The summed E-state index contributed by atoms with van der Waals surface area (Å²) in [4.78, 5) is 31.1. The van der Waals surface area contributed by atoms with E-state index in [4.69, 9.17) is 0 Å². The van der Waals surface area contributed by atoms with E-state index in [1.807, 2.05) is 0 Å². The first-order chi connectivity index (χ1) is 9.06. The summed E-state index contributed by atoms with van der Waals surface area (Å²) in [5.41, 5.74) is 2.13. The molecular formula is C14H13N3O2. The number of Topliss-reactive ketones (excluding diaryl/α,β-unsaturated/α-hetero) is 1. The second kappa shape index (κ2) is 5.39. The zero-order valence-corrected chi connectivity index (χ0v) is 10.7. The minimum absolute atomic E-state index is 0.0472. The Morgan fingerprint density at radius 1 is 1.16 bits per heavy atom. The van der Waals surface area contributed by atoms with Gasteiger partial charge in [0.25, 0.3) is 5.91 Å². The molecule has 19 heavy (non-hydrogen) atoms. The first kappa shape index (κ1) is 12.9. The van der Waals surface area contributed by atoms with E-state index in [1.165, 1.54) is 13.3 Å². The van der Waals surface area contributed by atoms with Crippen molar-refractivity contribution in [2.75, 3.05) is 5.32 Å². The highest BCUT2D eigenvalue weighted by molar-refractivity contribution is 6.03. The van der Waals surface area contributed by atoms with Crippen LogP contribution in [0.2, 0.25) is 0 Å². The van der Waals surface area contributed by atoms with Crippen LogP contribution in [0.5, 0.6) is 0 Å². The summed E-state index contributed by atoms with van der Waals surface area (Å²) < 4.78 is 0. The zero-order valence-electron chi connectivity index (χ0n) is 10.7. The maximum atomic E-state index is 12.0. The minimum atomic E-state index is -0.328. The molecule has 0 radical (unpaired) electrons. The molecule has 0 bridgehead atoms. The predicted octanol–water partition coefficient (Wildman–Crippen LogP) is 2.24. The number of rotatable bonds is 3. The fourth-order valence-electron chi connectivity index (χ4n) is 1.59. The van der Waals surface area contributed by atoms with E-state index < -0.39 is 0 Å². The van der Waals surface area contributed by atoms with Crippen LogP contribution in [0, 0.1) is 6.92 Å². The fraction of sp³-hybridized carbons (Fsp3) is 0.143. The number of aryl methyl sites for hydroxylation is 1. The molecule has 2 aromatic rings. The number of hydrogen-bond acceptors (Lipinski definition) is 4. The monoisotopic (exact) mass is 255 g/mol. The minimum Gasteiger partial charge on any atom is -0.321 e. The molecule has 0 aliphatic heterocycles. The second-order valence-corrected chi connectivity index (χ2v) is 4.14. The highest BCUT2D eigenvalue weighted by Crippen LogP contribution is 2.12. The molecule has 1 amide bonds. The maximum Gasteiger partial charge on any atom is 0.274 e. The Labute approximate surface area is 110 Å². The average molecular weight is 255 g/mol. The number of hydrogen-bond donors (Lipinski definition) is 1. The van der Waals surface area contributed by atoms with Crippen molar-refractivity contribution >= 4 is 17.4 Å². The van der Waals surface area contributed by atoms with E-state index in [1.54, 1.807) is 37.3 Å². The third kappa shape index (κ3) is 3.22. The standard InChI is InChI=1S/C14H13N3O2/c1-9-6-13(16-8-15-9)14(19)17-12-5-3-4-11(7-12)10(2)18/h3-8H,1-2H3,(H,17,19). The molecule has 1 heterocycles. The highest BCUT2D eigenvalue weighted by Gasteiger charge is 2.09. The van der Waals surface area contributed by atoms with Crippen molar-refractivity contribution < 1.29 is 9.59 Å². The van der Waals surface area contributed by atoms with Crippen LogP contribution in [0.25, 0.3) is 0 Å². The van der Waals surface area contributed by atoms with Crippen LogP contribution in [-0.2, 0) is 0 Å². The summed E-state index contributed by atoms with van der Waals surface area (Å²) in [6.45, 7) is 3.27. The topological polar surface area (TPSA) is 72.0 Å². The van der Waals surface area contributed by atoms with Crippen molar-refractivity contribution in [2.45, 2.75) is 13.8 Å². The van der Waals surface area contributed by atoms with Gasteiger partial charge in [-0.25, -0.2) is 9.97 Å². The van der Waals surface area contributed by atoms with E-state index >= 15 is 0 Å². The van der Waals surface area contributed by atoms with Crippen molar-refractivity contribution in [1.82, 2.24) is 9.97 Å². The third-order valence-electron chi connectivity index (χ3n) is 2.56. The van der Waals surface area contributed by atoms with Crippen molar-refractivity contribution in [3.63, 3.8) is 0 Å². The third-order valence-corrected chi connectivity index (χ3v) is 2.56. The van der Waals surface area contributed by atoms with Gasteiger partial charge in [-0.3, -0.25) is 9.59 Å². The Balaban J connectivity index is 2.19. The number of amides is 1. The van der Waals surface area contributed by atoms with E-state index in [-0.39, 0.29) is 11.7 Å². The summed E-state index contributed by atoms with van der Waals surface area (Å²) in [6.07, 6.45) is 1.34. The van der Waals surface area contributed by atoms with Gasteiger partial charge >= 0.3 is 0 Å². The molecule has 5 heteroatoms. The van der Waals surface area contributed by atoms with Crippen LogP contribution in [0.4, 0.5) is 5.69 Å². The first-order valence-corrected chi connectivity index (χ1v) is 5.77. The predicted molar refractivity (Wildman–Crippen MR) is 71.2 cm³/mol. The van der Waals surface area contributed by atoms with Gasteiger partial charge in [0.2, 0.25) is 0 Å². The molecule has 1 aromatic carbocycles. The van der Waals surface area contributed by atoms with Crippen molar-refractivity contribution in [3.8, 4) is 0 Å². The summed E-state index contributed by atoms with van der Waals surface area (Å²) in [7, 11) is 0. The van der Waals surface area contributed by atoms with Gasteiger partial charge < -0.3 is 5.32 Å². The number of carbonyl (C=O) groups excluding carboxylic acids is 2. The summed E-state index contributed by atoms with van der Waals surface area (Å²) in [5, 5.41) is 2.70. The van der Waals surface area contributed by atoms with E-state index in [2.05, 4.69) is 15.3 Å². The van der Waals surface area contributed by atoms with Crippen molar-refractivity contribution in [2.24, 2.45) is 0 Å². The smallest absolute Gasteiger partial charge is 0.274 e. The van der Waals surface area contributed by atoms with E-state index in [0.717, 1.165) is 5.69 Å². The molecule has 1 aromatic heterocycles. The van der Waals surface area contributed by atoms with Gasteiger partial charge in [-0.05, 0) is 32.0 Å². The molecule has 0 unspecified atom stereocenters. The Kier molecular flexibility index (Phi) is 3.66. The number of ketones is 1. The maximum absolute atomic E-state index is 12.0. The van der Waals surface area contributed by atoms with Crippen molar-refractivity contribution in [1.29, 1.82) is 0 Å². The highest BCUT2D eigenvalue weighted by atomic mass is 16.2. The van der Waals surface area contributed by atoms with Crippen LogP contribution in [0.1, 0.15) is 33.5 Å². The number of nitrogens with one attached hydrogen (secondary N) is 1. The van der Waals surface area contributed by atoms with E-state index in [9.17, 15) is 9.59 Å². The Hall–Kier alpha value is -2.56. The second-order valence-electron chi connectivity index (χ2n) is 4.14. The van der Waals surface area contributed by atoms with Crippen LogP contribution in [0.15, 0.2) is 36.7 Å². The molecule has 0 aliphatic rings. The SMILES string of the molecule is CC(=O)c1cccc(NC(=O)c2cc(C)ncn2)c1. The number of carbonyl (C=O) groups is 2. The van der Waals surface area contributed by atoms with Crippen LogP contribution in [0.3, 0.4) is 0 Å². The number of nitrogens with zero attached hydrogens (tertiary/aromatic N) is 2. The van der Waals surface area contributed by atoms with Gasteiger partial charge in [0.1, 0.15) is 12.0 Å². The number of anilines is 1. The van der Waals surface area contributed by atoms with E-state index in [0.29, 0.717) is 16.9 Å². The number of benzene rings is 1.